The lowest BCUT2D eigenvalue weighted by molar-refractivity contribution is -0.137. The minimum Gasteiger partial charge on any atom is -0.397 e. The van der Waals surface area contributed by atoms with E-state index in [4.69, 9.17) is 5.73 Å². The van der Waals surface area contributed by atoms with E-state index in [9.17, 15) is 18.0 Å². The van der Waals surface area contributed by atoms with Crippen LogP contribution in [0, 0.1) is 6.92 Å². The minimum atomic E-state index is -4.49. The van der Waals surface area contributed by atoms with Crippen molar-refractivity contribution < 1.29 is 18.0 Å². The maximum atomic E-state index is 13.3. The Morgan fingerprint density at radius 2 is 1.73 bits per heavy atom. The summed E-state index contributed by atoms with van der Waals surface area (Å²) in [4.78, 5) is 25.6. The van der Waals surface area contributed by atoms with Crippen molar-refractivity contribution in [1.29, 1.82) is 0 Å². The number of aromatic nitrogens is 4. The number of imidazole rings is 1. The van der Waals surface area contributed by atoms with Crippen LogP contribution in [-0.4, -0.2) is 25.3 Å². The van der Waals surface area contributed by atoms with Gasteiger partial charge >= 0.3 is 6.18 Å². The number of benzene rings is 2. The van der Waals surface area contributed by atoms with Gasteiger partial charge < -0.3 is 16.4 Å². The molecular formula is C26H20F3N7O. The van der Waals surface area contributed by atoms with Crippen LogP contribution in [0.3, 0.4) is 0 Å². The number of carbonyl (C=O) groups is 1. The van der Waals surface area contributed by atoms with Crippen molar-refractivity contribution in [2.45, 2.75) is 13.1 Å². The Kier molecular flexibility index (Phi) is 5.96. The zero-order chi connectivity index (χ0) is 26.2. The van der Waals surface area contributed by atoms with Gasteiger partial charge in [-0.2, -0.15) is 13.2 Å². The van der Waals surface area contributed by atoms with Gasteiger partial charge in [-0.15, -0.1) is 0 Å². The van der Waals surface area contributed by atoms with E-state index in [1.807, 2.05) is 0 Å². The molecule has 0 bridgehead atoms. The number of nitrogens with one attached hydrogen (secondary N) is 2. The number of halogens is 3. The number of nitrogen functional groups attached to an aromatic ring is 1. The van der Waals surface area contributed by atoms with E-state index < -0.39 is 11.7 Å². The molecule has 37 heavy (non-hydrogen) atoms. The highest BCUT2D eigenvalue weighted by atomic mass is 19.4. The molecule has 0 aliphatic rings. The summed E-state index contributed by atoms with van der Waals surface area (Å²) in [5.41, 5.74) is 8.83. The zero-order valence-electron chi connectivity index (χ0n) is 19.4. The van der Waals surface area contributed by atoms with Crippen molar-refractivity contribution in [2.24, 2.45) is 0 Å². The molecule has 0 saturated heterocycles. The van der Waals surface area contributed by atoms with Crippen LogP contribution in [0.1, 0.15) is 21.6 Å². The molecular weight excluding hydrogens is 483 g/mol. The lowest BCUT2D eigenvalue weighted by atomic mass is 10.2. The first-order chi connectivity index (χ1) is 17.7. The number of nitrogens with zero attached hydrogens (tertiary/aromatic N) is 4. The number of alkyl halides is 3. The summed E-state index contributed by atoms with van der Waals surface area (Å²) in [7, 11) is 0. The first-order valence-electron chi connectivity index (χ1n) is 11.1. The van der Waals surface area contributed by atoms with Gasteiger partial charge in [-0.1, -0.05) is 12.1 Å². The fraction of sp³-hybridized carbons (Fsp3) is 0.0769. The van der Waals surface area contributed by atoms with Crippen LogP contribution in [-0.2, 0) is 6.18 Å². The van der Waals surface area contributed by atoms with Crippen LogP contribution in [0.25, 0.3) is 17.0 Å². The van der Waals surface area contributed by atoms with Gasteiger partial charge in [0.1, 0.15) is 5.65 Å². The third-order valence-electron chi connectivity index (χ3n) is 5.63. The Hall–Kier alpha value is -4.93. The van der Waals surface area contributed by atoms with Crippen molar-refractivity contribution in [2.75, 3.05) is 16.4 Å². The molecule has 0 aliphatic heterocycles. The second-order valence-corrected chi connectivity index (χ2v) is 8.20. The number of hydrogen-bond acceptors (Lipinski definition) is 6. The third kappa shape index (κ3) is 4.92. The van der Waals surface area contributed by atoms with Crippen molar-refractivity contribution in [3.63, 3.8) is 0 Å². The van der Waals surface area contributed by atoms with E-state index >= 15 is 0 Å². The monoisotopic (exact) mass is 503 g/mol. The number of amides is 1. The number of pyridine rings is 1. The highest BCUT2D eigenvalue weighted by Gasteiger charge is 2.31. The summed E-state index contributed by atoms with van der Waals surface area (Å²) in [5, 5.41) is 5.81. The topological polar surface area (TPSA) is 110 Å². The Balaban J connectivity index is 1.38. The maximum Gasteiger partial charge on any atom is 0.417 e. The number of para-hydroxylation sites is 2. The molecule has 0 fully saturated rings. The Bertz CT molecular complexity index is 1610. The molecule has 8 nitrogen and oxygen atoms in total. The minimum absolute atomic E-state index is 0.230. The van der Waals surface area contributed by atoms with E-state index in [0.717, 1.165) is 12.3 Å². The fourth-order valence-electron chi connectivity index (χ4n) is 3.83. The third-order valence-corrected chi connectivity index (χ3v) is 5.63. The van der Waals surface area contributed by atoms with E-state index in [1.54, 1.807) is 61.5 Å². The quantitative estimate of drug-likeness (QED) is 0.266. The van der Waals surface area contributed by atoms with Crippen LogP contribution in [0.15, 0.2) is 79.1 Å². The number of carbonyl (C=O) groups excluding carboxylic acids is 1. The molecule has 4 N–H and O–H groups in total. The van der Waals surface area contributed by atoms with Crippen molar-refractivity contribution in [3.8, 4) is 11.4 Å². The van der Waals surface area contributed by atoms with Gasteiger partial charge in [0.05, 0.1) is 34.0 Å². The van der Waals surface area contributed by atoms with Gasteiger partial charge in [-0.25, -0.2) is 15.0 Å². The van der Waals surface area contributed by atoms with E-state index in [-0.39, 0.29) is 11.9 Å². The van der Waals surface area contributed by atoms with E-state index in [2.05, 4.69) is 25.6 Å². The summed E-state index contributed by atoms with van der Waals surface area (Å²) in [6, 6.07) is 17.5. The summed E-state index contributed by atoms with van der Waals surface area (Å²) in [6.07, 6.45) is -1.98. The van der Waals surface area contributed by atoms with Crippen molar-refractivity contribution in [1.82, 2.24) is 19.4 Å². The van der Waals surface area contributed by atoms with E-state index in [0.29, 0.717) is 45.4 Å². The molecule has 3 heterocycles. The normalized spacial score (nSPS) is 11.5. The number of hydrogen-bond donors (Lipinski definition) is 3. The standard InChI is InChI=1S/C26H20F3N7O/c1-15-23(36-14-17(26(27,28)29)8-11-22(36)32-15)21-12-13-31-25(35-21)33-18-9-6-16(7-10-18)24(37)34-20-5-3-2-4-19(20)30/h2-14H,30H2,1H3,(H,34,37)(H,31,33,35). The van der Waals surface area contributed by atoms with Crippen LogP contribution < -0.4 is 16.4 Å². The zero-order valence-corrected chi connectivity index (χ0v) is 19.4. The first kappa shape index (κ1) is 23.8. The molecule has 11 heteroatoms. The van der Waals surface area contributed by atoms with Crippen molar-refractivity contribution >= 4 is 34.6 Å². The van der Waals surface area contributed by atoms with Gasteiger partial charge in [0, 0.05) is 23.6 Å². The lowest BCUT2D eigenvalue weighted by Gasteiger charge is -2.10. The van der Waals surface area contributed by atoms with Crippen molar-refractivity contribution in [3.05, 3.63) is 95.9 Å². The number of fused-ring (bicyclic) bond motifs is 1. The molecule has 0 aliphatic carbocycles. The fourth-order valence-corrected chi connectivity index (χ4v) is 3.83. The summed E-state index contributed by atoms with van der Waals surface area (Å²) in [6.45, 7) is 1.71. The second kappa shape index (κ2) is 9.26. The molecule has 0 radical (unpaired) electrons. The molecule has 186 valence electrons. The average molecular weight is 503 g/mol. The number of anilines is 4. The van der Waals surface area contributed by atoms with Gasteiger partial charge in [-0.05, 0) is 61.5 Å². The smallest absolute Gasteiger partial charge is 0.397 e. The SMILES string of the molecule is Cc1nc2ccc(C(F)(F)F)cn2c1-c1ccnc(Nc2ccc(C(=O)Nc3ccccc3N)cc2)n1. The average Bonchev–Trinajstić information content (AvgIpc) is 3.20. The Morgan fingerprint density at radius 1 is 0.973 bits per heavy atom. The maximum absolute atomic E-state index is 13.3. The molecule has 0 spiro atoms. The van der Waals surface area contributed by atoms with Crippen LogP contribution in [0.5, 0.6) is 0 Å². The molecule has 0 unspecified atom stereocenters. The van der Waals surface area contributed by atoms with Crippen LogP contribution in [0.2, 0.25) is 0 Å². The summed E-state index contributed by atoms with van der Waals surface area (Å²) >= 11 is 0. The van der Waals surface area contributed by atoms with Gasteiger partial charge in [-0.3, -0.25) is 9.20 Å². The largest absolute Gasteiger partial charge is 0.417 e. The van der Waals surface area contributed by atoms with Gasteiger partial charge in [0.15, 0.2) is 0 Å². The molecule has 0 atom stereocenters. The predicted octanol–water partition coefficient (Wildman–Crippen LogP) is 5.70. The molecule has 5 rings (SSSR count). The number of rotatable bonds is 5. The highest BCUT2D eigenvalue weighted by Crippen LogP contribution is 2.32. The van der Waals surface area contributed by atoms with E-state index in [1.165, 1.54) is 16.7 Å². The molecule has 3 aromatic heterocycles. The first-order valence-corrected chi connectivity index (χ1v) is 11.1. The van der Waals surface area contributed by atoms with Gasteiger partial charge in [0.2, 0.25) is 5.95 Å². The molecule has 2 aromatic carbocycles. The summed E-state index contributed by atoms with van der Waals surface area (Å²) in [5.74, 6) is -0.0860. The summed E-state index contributed by atoms with van der Waals surface area (Å²) < 4.78 is 41.2. The Labute approximate surface area is 209 Å². The molecule has 5 aromatic rings. The highest BCUT2D eigenvalue weighted by molar-refractivity contribution is 6.05. The lowest BCUT2D eigenvalue weighted by Crippen LogP contribution is -2.13. The second-order valence-electron chi connectivity index (χ2n) is 8.20. The molecule has 0 saturated carbocycles. The molecule has 1 amide bonds. The van der Waals surface area contributed by atoms with Crippen LogP contribution >= 0.6 is 0 Å². The van der Waals surface area contributed by atoms with Crippen LogP contribution in [0.4, 0.5) is 36.2 Å². The van der Waals surface area contributed by atoms with Gasteiger partial charge in [0.25, 0.3) is 5.91 Å². The number of aryl methyl sites for hydroxylation is 1. The number of nitrogens with two attached hydrogens (primary N) is 1. The Morgan fingerprint density at radius 3 is 2.46 bits per heavy atom. The predicted molar refractivity (Wildman–Crippen MR) is 134 cm³/mol.